The summed E-state index contributed by atoms with van der Waals surface area (Å²) in [7, 11) is 1.74. The second kappa shape index (κ2) is 8.78. The second-order valence-corrected chi connectivity index (χ2v) is 6.26. The van der Waals surface area contributed by atoms with Gasteiger partial charge >= 0.3 is 0 Å². The molecule has 20 heavy (non-hydrogen) atoms. The lowest BCUT2D eigenvalue weighted by Crippen LogP contribution is -2.45. The summed E-state index contributed by atoms with van der Waals surface area (Å²) in [4.78, 5) is 2.45. The first kappa shape index (κ1) is 17.6. The van der Waals surface area contributed by atoms with Crippen molar-refractivity contribution in [2.75, 3.05) is 20.3 Å². The van der Waals surface area contributed by atoms with Crippen LogP contribution >= 0.6 is 15.9 Å². The molecule has 4 heteroatoms. The van der Waals surface area contributed by atoms with Crippen LogP contribution in [-0.2, 0) is 4.74 Å². The Morgan fingerprint density at radius 1 is 1.35 bits per heavy atom. The highest BCUT2D eigenvalue weighted by Crippen LogP contribution is 2.28. The summed E-state index contributed by atoms with van der Waals surface area (Å²) in [5.74, 6) is 0. The van der Waals surface area contributed by atoms with Gasteiger partial charge in [-0.1, -0.05) is 35.0 Å². The molecule has 0 radical (unpaired) electrons. The molecule has 0 aliphatic heterocycles. The first-order chi connectivity index (χ1) is 9.51. The molecule has 0 amide bonds. The lowest BCUT2D eigenvalue weighted by atomic mass is 9.97. The van der Waals surface area contributed by atoms with Gasteiger partial charge in [-0.3, -0.25) is 4.90 Å². The number of nitrogens with zero attached hydrogens (tertiary/aromatic N) is 1. The summed E-state index contributed by atoms with van der Waals surface area (Å²) in [6.07, 6.45) is 1.10. The molecule has 1 rings (SSSR count). The van der Waals surface area contributed by atoms with Crippen LogP contribution in [0.15, 0.2) is 28.7 Å². The van der Waals surface area contributed by atoms with Crippen molar-refractivity contribution in [2.24, 2.45) is 5.73 Å². The van der Waals surface area contributed by atoms with Crippen molar-refractivity contribution < 1.29 is 4.74 Å². The van der Waals surface area contributed by atoms with Crippen LogP contribution in [-0.4, -0.2) is 37.2 Å². The van der Waals surface area contributed by atoms with Gasteiger partial charge in [-0.25, -0.2) is 0 Å². The van der Waals surface area contributed by atoms with Crippen LogP contribution in [0.2, 0.25) is 0 Å². The molecule has 1 aromatic rings. The van der Waals surface area contributed by atoms with E-state index in [2.05, 4.69) is 59.8 Å². The zero-order valence-electron chi connectivity index (χ0n) is 13.0. The molecule has 1 aromatic carbocycles. The Hall–Kier alpha value is -0.420. The van der Waals surface area contributed by atoms with Gasteiger partial charge in [0.05, 0.1) is 12.6 Å². The lowest BCUT2D eigenvalue weighted by molar-refractivity contribution is 0.0786. The molecule has 0 saturated carbocycles. The molecular weight excluding hydrogens is 316 g/mol. The van der Waals surface area contributed by atoms with Crippen molar-refractivity contribution in [3.05, 3.63) is 34.3 Å². The van der Waals surface area contributed by atoms with Gasteiger partial charge in [-0.15, -0.1) is 0 Å². The fourth-order valence-corrected chi connectivity index (χ4v) is 2.97. The Morgan fingerprint density at radius 2 is 2.05 bits per heavy atom. The summed E-state index contributed by atoms with van der Waals surface area (Å²) >= 11 is 3.55. The first-order valence-corrected chi connectivity index (χ1v) is 8.06. The van der Waals surface area contributed by atoms with E-state index in [0.29, 0.717) is 6.04 Å². The molecule has 0 aliphatic rings. The van der Waals surface area contributed by atoms with Crippen molar-refractivity contribution in [2.45, 2.75) is 45.3 Å². The minimum Gasteiger partial charge on any atom is -0.383 e. The standard InChI is InChI=1S/C16H27BrN2O/c1-5-12(2)19(9-10-20-4)16(13(3)18)14-7-6-8-15(17)11-14/h6-8,11-13,16H,5,9-10,18H2,1-4H3. The predicted molar refractivity (Wildman–Crippen MR) is 88.9 cm³/mol. The third kappa shape index (κ3) is 4.85. The largest absolute Gasteiger partial charge is 0.383 e. The highest BCUT2D eigenvalue weighted by molar-refractivity contribution is 9.10. The Bertz CT molecular complexity index is 398. The summed E-state index contributed by atoms with van der Waals surface area (Å²) < 4.78 is 6.36. The van der Waals surface area contributed by atoms with Crippen molar-refractivity contribution >= 4 is 15.9 Å². The Kier molecular flexibility index (Phi) is 7.74. The van der Waals surface area contributed by atoms with Gasteiger partial charge in [0, 0.05) is 30.2 Å². The Morgan fingerprint density at radius 3 is 2.55 bits per heavy atom. The van der Waals surface area contributed by atoms with Crippen LogP contribution in [0.25, 0.3) is 0 Å². The Labute approximate surface area is 131 Å². The van der Waals surface area contributed by atoms with E-state index in [9.17, 15) is 0 Å². The number of ether oxygens (including phenoxy) is 1. The number of nitrogens with two attached hydrogens (primary N) is 1. The fourth-order valence-electron chi connectivity index (χ4n) is 2.55. The van der Waals surface area contributed by atoms with E-state index in [0.717, 1.165) is 24.0 Å². The van der Waals surface area contributed by atoms with E-state index in [1.807, 2.05) is 6.07 Å². The summed E-state index contributed by atoms with van der Waals surface area (Å²) in [5, 5.41) is 0. The van der Waals surface area contributed by atoms with Gasteiger partial charge in [-0.05, 0) is 38.0 Å². The number of methoxy groups -OCH3 is 1. The Balaban J connectivity index is 3.06. The average Bonchev–Trinajstić information content (AvgIpc) is 2.42. The van der Waals surface area contributed by atoms with Crippen LogP contribution in [0.1, 0.15) is 38.8 Å². The highest BCUT2D eigenvalue weighted by Gasteiger charge is 2.27. The second-order valence-electron chi connectivity index (χ2n) is 5.35. The first-order valence-electron chi connectivity index (χ1n) is 7.27. The molecule has 0 aliphatic carbocycles. The number of hydrogen-bond donors (Lipinski definition) is 1. The van der Waals surface area contributed by atoms with E-state index in [-0.39, 0.29) is 12.1 Å². The summed E-state index contributed by atoms with van der Waals surface area (Å²) in [5.41, 5.74) is 7.54. The average molecular weight is 343 g/mol. The van der Waals surface area contributed by atoms with Gasteiger partial charge < -0.3 is 10.5 Å². The van der Waals surface area contributed by atoms with Crippen molar-refractivity contribution in [1.29, 1.82) is 0 Å². The van der Waals surface area contributed by atoms with Gasteiger partial charge in [0.1, 0.15) is 0 Å². The molecule has 0 heterocycles. The predicted octanol–water partition coefficient (Wildman–Crippen LogP) is 3.58. The van der Waals surface area contributed by atoms with Gasteiger partial charge in [0.25, 0.3) is 0 Å². The summed E-state index contributed by atoms with van der Waals surface area (Å²) in [6.45, 7) is 8.16. The quantitative estimate of drug-likeness (QED) is 0.784. The molecule has 0 aromatic heterocycles. The van der Waals surface area contributed by atoms with E-state index < -0.39 is 0 Å². The summed E-state index contributed by atoms with van der Waals surface area (Å²) in [6, 6.07) is 9.18. The molecule has 3 nitrogen and oxygen atoms in total. The normalized spacial score (nSPS) is 16.1. The fraction of sp³-hybridized carbons (Fsp3) is 0.625. The molecular formula is C16H27BrN2O. The maximum Gasteiger partial charge on any atom is 0.0590 e. The third-order valence-electron chi connectivity index (χ3n) is 3.76. The smallest absolute Gasteiger partial charge is 0.0590 e. The zero-order valence-corrected chi connectivity index (χ0v) is 14.6. The van der Waals surface area contributed by atoms with Crippen molar-refractivity contribution in [3.8, 4) is 0 Å². The number of rotatable bonds is 8. The molecule has 0 fully saturated rings. The van der Waals surface area contributed by atoms with Crippen molar-refractivity contribution in [3.63, 3.8) is 0 Å². The lowest BCUT2D eigenvalue weighted by Gasteiger charge is -2.38. The van der Waals surface area contributed by atoms with E-state index >= 15 is 0 Å². The monoisotopic (exact) mass is 342 g/mol. The molecule has 3 unspecified atom stereocenters. The maximum atomic E-state index is 6.29. The SMILES string of the molecule is CCC(C)N(CCOC)C(c1cccc(Br)c1)C(C)N. The van der Waals surface area contributed by atoms with Gasteiger partial charge in [-0.2, -0.15) is 0 Å². The van der Waals surface area contributed by atoms with E-state index in [1.54, 1.807) is 7.11 Å². The molecule has 0 saturated heterocycles. The van der Waals surface area contributed by atoms with Gasteiger partial charge in [0.2, 0.25) is 0 Å². The molecule has 114 valence electrons. The maximum absolute atomic E-state index is 6.29. The minimum atomic E-state index is 0.0650. The number of benzene rings is 1. The third-order valence-corrected chi connectivity index (χ3v) is 4.25. The highest BCUT2D eigenvalue weighted by atomic mass is 79.9. The number of halogens is 1. The van der Waals surface area contributed by atoms with Crippen LogP contribution < -0.4 is 5.73 Å². The van der Waals surface area contributed by atoms with E-state index in [4.69, 9.17) is 10.5 Å². The molecule has 0 spiro atoms. The van der Waals surface area contributed by atoms with Crippen LogP contribution in [0, 0.1) is 0 Å². The van der Waals surface area contributed by atoms with Crippen LogP contribution in [0.5, 0.6) is 0 Å². The van der Waals surface area contributed by atoms with Gasteiger partial charge in [0.15, 0.2) is 0 Å². The zero-order chi connectivity index (χ0) is 15.1. The van der Waals surface area contributed by atoms with E-state index in [1.165, 1.54) is 5.56 Å². The minimum absolute atomic E-state index is 0.0650. The number of hydrogen-bond acceptors (Lipinski definition) is 3. The topological polar surface area (TPSA) is 38.5 Å². The molecule has 3 atom stereocenters. The molecule has 2 N–H and O–H groups in total. The van der Waals surface area contributed by atoms with Crippen molar-refractivity contribution in [1.82, 2.24) is 4.90 Å². The van der Waals surface area contributed by atoms with Crippen LogP contribution in [0.3, 0.4) is 0 Å². The van der Waals surface area contributed by atoms with Crippen LogP contribution in [0.4, 0.5) is 0 Å². The molecule has 0 bridgehead atoms.